The highest BCUT2D eigenvalue weighted by Crippen LogP contribution is 2.32. The Bertz CT molecular complexity index is 1380. The van der Waals surface area contributed by atoms with E-state index in [1.807, 2.05) is 0 Å². The fraction of sp³-hybridized carbons (Fsp3) is 0.0526. The van der Waals surface area contributed by atoms with E-state index in [0.29, 0.717) is 22.0 Å². The fourth-order valence-corrected chi connectivity index (χ4v) is 3.66. The van der Waals surface area contributed by atoms with Crippen LogP contribution in [0.2, 0.25) is 10.0 Å². The zero-order valence-electron chi connectivity index (χ0n) is 15.2. The maximum absolute atomic E-state index is 12.7. The van der Waals surface area contributed by atoms with Crippen molar-refractivity contribution in [2.75, 3.05) is 7.11 Å². The molecule has 0 fully saturated rings. The molecule has 2 aromatic heterocycles. The van der Waals surface area contributed by atoms with Crippen molar-refractivity contribution in [2.45, 2.75) is 0 Å². The molecule has 3 N–H and O–H groups in total. The number of primary amides is 1. The molecular formula is C19H12BrCl2N5O3. The number of aromatic amines is 1. The van der Waals surface area contributed by atoms with Crippen LogP contribution in [0.3, 0.4) is 0 Å². The molecule has 0 atom stereocenters. The van der Waals surface area contributed by atoms with Gasteiger partial charge in [-0.05, 0) is 36.4 Å². The van der Waals surface area contributed by atoms with Crippen molar-refractivity contribution in [1.29, 1.82) is 0 Å². The lowest BCUT2D eigenvalue weighted by Crippen LogP contribution is -2.15. The van der Waals surface area contributed by atoms with E-state index in [4.69, 9.17) is 33.7 Å². The van der Waals surface area contributed by atoms with Gasteiger partial charge in [0.05, 0.1) is 28.4 Å². The summed E-state index contributed by atoms with van der Waals surface area (Å²) in [5, 5.41) is 0.591. The van der Waals surface area contributed by atoms with Gasteiger partial charge in [-0.15, -0.1) is 0 Å². The number of nitrogens with one attached hydrogen (secondary N) is 1. The fourth-order valence-electron chi connectivity index (χ4n) is 3.00. The van der Waals surface area contributed by atoms with Gasteiger partial charge in [0, 0.05) is 4.47 Å². The highest BCUT2D eigenvalue weighted by Gasteiger charge is 2.22. The minimum atomic E-state index is -0.819. The molecule has 0 saturated heterocycles. The molecule has 0 saturated carbocycles. The van der Waals surface area contributed by atoms with Crippen LogP contribution in [0.5, 0.6) is 5.75 Å². The Labute approximate surface area is 187 Å². The third-order valence-electron chi connectivity index (χ3n) is 4.33. The van der Waals surface area contributed by atoms with Crippen LogP contribution in [0, 0.1) is 0 Å². The zero-order chi connectivity index (χ0) is 21.6. The topological polar surface area (TPSA) is 116 Å². The lowest BCUT2D eigenvalue weighted by Gasteiger charge is -2.10. The number of rotatable bonds is 4. The SMILES string of the molecule is COc1ccc(Br)cc1-c1nc(C(N)=O)c2[nH]c(=O)n(-c3ccc(Cl)c(Cl)c3)c2n1. The van der Waals surface area contributed by atoms with Crippen LogP contribution in [0.4, 0.5) is 0 Å². The summed E-state index contributed by atoms with van der Waals surface area (Å²) < 4.78 is 7.40. The normalized spacial score (nSPS) is 11.1. The molecule has 4 rings (SSSR count). The van der Waals surface area contributed by atoms with Gasteiger partial charge >= 0.3 is 5.69 Å². The van der Waals surface area contributed by atoms with Crippen molar-refractivity contribution in [2.24, 2.45) is 5.73 Å². The van der Waals surface area contributed by atoms with Crippen molar-refractivity contribution in [3.8, 4) is 22.8 Å². The number of fused-ring (bicyclic) bond motifs is 1. The summed E-state index contributed by atoms with van der Waals surface area (Å²) in [6.45, 7) is 0. The Morgan fingerprint density at radius 2 is 1.93 bits per heavy atom. The molecule has 1 amide bonds. The maximum atomic E-state index is 12.7. The molecule has 0 bridgehead atoms. The number of carbonyl (C=O) groups excluding carboxylic acids is 1. The van der Waals surface area contributed by atoms with Crippen LogP contribution in [-0.2, 0) is 0 Å². The lowest BCUT2D eigenvalue weighted by molar-refractivity contribution is 0.0997. The summed E-state index contributed by atoms with van der Waals surface area (Å²) in [5.74, 6) is -0.186. The number of halogens is 3. The molecule has 0 radical (unpaired) electrons. The summed E-state index contributed by atoms with van der Waals surface area (Å²) in [7, 11) is 1.50. The summed E-state index contributed by atoms with van der Waals surface area (Å²) in [5.41, 5.74) is 6.02. The molecule has 0 aliphatic rings. The van der Waals surface area contributed by atoms with Crippen LogP contribution in [0.15, 0.2) is 45.7 Å². The van der Waals surface area contributed by atoms with Crippen molar-refractivity contribution in [3.05, 3.63) is 67.1 Å². The smallest absolute Gasteiger partial charge is 0.332 e. The summed E-state index contributed by atoms with van der Waals surface area (Å²) in [6.07, 6.45) is 0. The standard InChI is InChI=1S/C19H12BrCl2N5O3/c1-30-13-5-2-8(20)6-10(13)17-24-14(16(23)28)15-18(26-17)27(19(29)25-15)9-3-4-11(21)12(22)7-9/h2-7H,1H3,(H2,23,28)(H,25,29). The second-order valence-corrected chi connectivity index (χ2v) is 7.90. The highest BCUT2D eigenvalue weighted by atomic mass is 79.9. The maximum Gasteiger partial charge on any atom is 0.332 e. The summed E-state index contributed by atoms with van der Waals surface area (Å²) >= 11 is 15.5. The van der Waals surface area contributed by atoms with Crippen molar-refractivity contribution in [1.82, 2.24) is 19.5 Å². The number of amides is 1. The molecular weight excluding hydrogens is 497 g/mol. The molecule has 0 aliphatic carbocycles. The number of benzene rings is 2. The Balaban J connectivity index is 2.08. The average Bonchev–Trinajstić information content (AvgIpc) is 3.04. The van der Waals surface area contributed by atoms with Gasteiger partial charge < -0.3 is 15.5 Å². The first-order chi connectivity index (χ1) is 14.3. The van der Waals surface area contributed by atoms with Gasteiger partial charge in [-0.25, -0.2) is 19.3 Å². The number of ether oxygens (including phenoxy) is 1. The first-order valence-electron chi connectivity index (χ1n) is 8.42. The van der Waals surface area contributed by atoms with E-state index >= 15 is 0 Å². The van der Waals surface area contributed by atoms with Gasteiger partial charge in [-0.1, -0.05) is 39.1 Å². The first kappa shape index (κ1) is 20.4. The quantitative estimate of drug-likeness (QED) is 0.433. The van der Waals surface area contributed by atoms with E-state index in [1.54, 1.807) is 30.3 Å². The molecule has 0 aliphatic heterocycles. The number of methoxy groups -OCH3 is 1. The highest BCUT2D eigenvalue weighted by molar-refractivity contribution is 9.10. The predicted molar refractivity (Wildman–Crippen MR) is 118 cm³/mol. The largest absolute Gasteiger partial charge is 0.496 e. The third kappa shape index (κ3) is 3.45. The minimum Gasteiger partial charge on any atom is -0.496 e. The average molecular weight is 509 g/mol. The Morgan fingerprint density at radius 1 is 1.17 bits per heavy atom. The molecule has 0 spiro atoms. The number of hydrogen-bond donors (Lipinski definition) is 2. The van der Waals surface area contributed by atoms with Crippen molar-refractivity contribution in [3.63, 3.8) is 0 Å². The van der Waals surface area contributed by atoms with Gasteiger partial charge in [-0.3, -0.25) is 4.79 Å². The first-order valence-corrected chi connectivity index (χ1v) is 9.97. The lowest BCUT2D eigenvalue weighted by atomic mass is 10.1. The molecule has 4 aromatic rings. The van der Waals surface area contributed by atoms with Gasteiger partial charge in [0.15, 0.2) is 17.2 Å². The molecule has 11 heteroatoms. The molecule has 2 heterocycles. The number of imidazole rings is 1. The van der Waals surface area contributed by atoms with Crippen LogP contribution < -0.4 is 16.2 Å². The Kier molecular flexibility index (Phi) is 5.27. The molecule has 0 unspecified atom stereocenters. The van der Waals surface area contributed by atoms with Gasteiger partial charge in [0.1, 0.15) is 11.3 Å². The Hall–Kier alpha value is -2.88. The number of hydrogen-bond acceptors (Lipinski definition) is 5. The zero-order valence-corrected chi connectivity index (χ0v) is 18.3. The molecule has 8 nitrogen and oxygen atoms in total. The van der Waals surface area contributed by atoms with E-state index in [2.05, 4.69) is 30.9 Å². The number of nitrogens with zero attached hydrogens (tertiary/aromatic N) is 3. The molecule has 152 valence electrons. The van der Waals surface area contributed by atoms with Crippen LogP contribution in [0.1, 0.15) is 10.5 Å². The van der Waals surface area contributed by atoms with Gasteiger partial charge in [0.25, 0.3) is 5.91 Å². The Morgan fingerprint density at radius 3 is 2.60 bits per heavy atom. The van der Waals surface area contributed by atoms with Crippen molar-refractivity contribution >= 4 is 56.2 Å². The van der Waals surface area contributed by atoms with E-state index < -0.39 is 11.6 Å². The third-order valence-corrected chi connectivity index (χ3v) is 5.57. The van der Waals surface area contributed by atoms with Crippen molar-refractivity contribution < 1.29 is 9.53 Å². The molecule has 30 heavy (non-hydrogen) atoms. The monoisotopic (exact) mass is 507 g/mol. The van der Waals surface area contributed by atoms with E-state index in [-0.39, 0.29) is 27.7 Å². The van der Waals surface area contributed by atoms with Crippen LogP contribution in [-0.4, -0.2) is 32.5 Å². The summed E-state index contributed by atoms with van der Waals surface area (Å²) in [6, 6.07) is 9.92. The van der Waals surface area contributed by atoms with Crippen LogP contribution >= 0.6 is 39.1 Å². The molecule has 2 aromatic carbocycles. The number of nitrogens with two attached hydrogens (primary N) is 1. The van der Waals surface area contributed by atoms with Gasteiger partial charge in [-0.2, -0.15) is 0 Å². The van der Waals surface area contributed by atoms with E-state index in [0.717, 1.165) is 4.47 Å². The summed E-state index contributed by atoms with van der Waals surface area (Å²) in [4.78, 5) is 36.2. The number of H-pyrrole nitrogens is 1. The second kappa shape index (κ2) is 7.75. The number of carbonyl (C=O) groups is 1. The minimum absolute atomic E-state index is 0.108. The van der Waals surface area contributed by atoms with Crippen LogP contribution in [0.25, 0.3) is 28.2 Å². The van der Waals surface area contributed by atoms with Gasteiger partial charge in [0.2, 0.25) is 0 Å². The second-order valence-electron chi connectivity index (χ2n) is 6.17. The predicted octanol–water partition coefficient (Wildman–Crippen LogP) is 3.95. The van der Waals surface area contributed by atoms with E-state index in [1.165, 1.54) is 17.7 Å². The number of aromatic nitrogens is 4. The van der Waals surface area contributed by atoms with E-state index in [9.17, 15) is 9.59 Å².